The zero-order valence-corrected chi connectivity index (χ0v) is 10.4. The van der Waals surface area contributed by atoms with Gasteiger partial charge in [0, 0.05) is 30.4 Å². The summed E-state index contributed by atoms with van der Waals surface area (Å²) in [6.07, 6.45) is 2.19. The fourth-order valence-electron chi connectivity index (χ4n) is 2.40. The zero-order valence-electron chi connectivity index (χ0n) is 10.4. The lowest BCUT2D eigenvalue weighted by Crippen LogP contribution is -2.39. The molecule has 1 aromatic rings. The van der Waals surface area contributed by atoms with Gasteiger partial charge in [-0.2, -0.15) is 5.10 Å². The Morgan fingerprint density at radius 1 is 1.47 bits per heavy atom. The molecule has 1 atom stereocenters. The lowest BCUT2D eigenvalue weighted by Gasteiger charge is -2.35. The van der Waals surface area contributed by atoms with Gasteiger partial charge in [0.05, 0.1) is 11.7 Å². The van der Waals surface area contributed by atoms with Crippen molar-refractivity contribution in [3.05, 3.63) is 17.5 Å². The van der Waals surface area contributed by atoms with E-state index in [1.54, 1.807) is 0 Å². The molecule has 1 aromatic heterocycles. The van der Waals surface area contributed by atoms with E-state index < -0.39 is 0 Å². The number of nitrogens with zero attached hydrogens (tertiary/aromatic N) is 3. The predicted molar refractivity (Wildman–Crippen MR) is 61.6 cm³/mol. The molecule has 1 aliphatic rings. The number of aryl methyl sites for hydroxylation is 1. The highest BCUT2D eigenvalue weighted by Gasteiger charge is 2.36. The van der Waals surface area contributed by atoms with Crippen LogP contribution in [0.2, 0.25) is 0 Å². The van der Waals surface area contributed by atoms with Gasteiger partial charge in [0.1, 0.15) is 0 Å². The minimum atomic E-state index is 0.226. The minimum absolute atomic E-state index is 0.226. The molecule has 0 amide bonds. The van der Waals surface area contributed by atoms with Crippen molar-refractivity contribution in [3.8, 4) is 0 Å². The highest BCUT2D eigenvalue weighted by Crippen LogP contribution is 2.37. The first kappa shape index (κ1) is 10.7. The summed E-state index contributed by atoms with van der Waals surface area (Å²) < 4.78 is 2.04. The van der Waals surface area contributed by atoms with Crippen molar-refractivity contribution in [1.29, 1.82) is 0 Å². The molecule has 1 aliphatic heterocycles. The van der Waals surface area contributed by atoms with Crippen LogP contribution in [0, 0.1) is 0 Å². The van der Waals surface area contributed by atoms with E-state index in [2.05, 4.69) is 50.8 Å². The Hall–Kier alpha value is -0.830. The van der Waals surface area contributed by atoms with Gasteiger partial charge in [-0.25, -0.2) is 0 Å². The van der Waals surface area contributed by atoms with Crippen LogP contribution in [0.25, 0.3) is 0 Å². The van der Waals surface area contributed by atoms with Gasteiger partial charge in [0.25, 0.3) is 0 Å². The summed E-state index contributed by atoms with van der Waals surface area (Å²) in [7, 11) is 0. The molecule has 0 saturated carbocycles. The molecule has 0 aromatic carbocycles. The van der Waals surface area contributed by atoms with Crippen LogP contribution in [0.15, 0.2) is 6.20 Å². The number of rotatable bonds is 1. The molecule has 0 fully saturated rings. The lowest BCUT2D eigenvalue weighted by atomic mass is 10.1. The maximum atomic E-state index is 4.63. The van der Waals surface area contributed by atoms with Crippen molar-refractivity contribution in [2.75, 3.05) is 0 Å². The molecule has 0 aliphatic carbocycles. The average Bonchev–Trinajstić information content (AvgIpc) is 2.64. The lowest BCUT2D eigenvalue weighted by molar-refractivity contribution is 0.0972. The molecule has 15 heavy (non-hydrogen) atoms. The molecular formula is C12H21N3. The van der Waals surface area contributed by atoms with E-state index in [0.717, 1.165) is 13.1 Å². The van der Waals surface area contributed by atoms with E-state index in [4.69, 9.17) is 0 Å². The van der Waals surface area contributed by atoms with Gasteiger partial charge in [-0.05, 0) is 34.6 Å². The Morgan fingerprint density at radius 2 is 2.13 bits per heavy atom. The molecule has 0 radical (unpaired) electrons. The second kappa shape index (κ2) is 3.34. The first-order valence-electron chi connectivity index (χ1n) is 5.76. The Balaban J connectivity index is 2.28. The Morgan fingerprint density at radius 3 is 2.60 bits per heavy atom. The SMILES string of the molecule is CCn1cc2c(n1)[C@H](C)N(C(C)(C)C)C2. The summed E-state index contributed by atoms with van der Waals surface area (Å²) in [5.74, 6) is 0. The Kier molecular flexibility index (Phi) is 2.38. The summed E-state index contributed by atoms with van der Waals surface area (Å²) in [5.41, 5.74) is 2.90. The summed E-state index contributed by atoms with van der Waals surface area (Å²) in [6, 6.07) is 0.452. The van der Waals surface area contributed by atoms with Crippen LogP contribution in [-0.2, 0) is 13.1 Å². The third-order valence-corrected chi connectivity index (χ3v) is 3.26. The molecule has 2 heterocycles. The van der Waals surface area contributed by atoms with Crippen LogP contribution in [0.4, 0.5) is 0 Å². The molecule has 0 bridgehead atoms. The third-order valence-electron chi connectivity index (χ3n) is 3.26. The highest BCUT2D eigenvalue weighted by atomic mass is 15.3. The van der Waals surface area contributed by atoms with Crippen LogP contribution in [0.1, 0.15) is 51.9 Å². The van der Waals surface area contributed by atoms with Crippen LogP contribution in [0.5, 0.6) is 0 Å². The number of hydrogen-bond donors (Lipinski definition) is 0. The molecule has 84 valence electrons. The summed E-state index contributed by atoms with van der Waals surface area (Å²) in [6.45, 7) is 13.2. The van der Waals surface area contributed by atoms with Crippen LogP contribution >= 0.6 is 0 Å². The largest absolute Gasteiger partial charge is 0.286 e. The van der Waals surface area contributed by atoms with Crippen molar-refractivity contribution < 1.29 is 0 Å². The van der Waals surface area contributed by atoms with Gasteiger partial charge >= 0.3 is 0 Å². The maximum Gasteiger partial charge on any atom is 0.0838 e. The smallest absolute Gasteiger partial charge is 0.0838 e. The van der Waals surface area contributed by atoms with Gasteiger partial charge in [0.2, 0.25) is 0 Å². The van der Waals surface area contributed by atoms with Crippen molar-refractivity contribution in [1.82, 2.24) is 14.7 Å². The summed E-state index contributed by atoms with van der Waals surface area (Å²) in [4.78, 5) is 2.50. The van der Waals surface area contributed by atoms with E-state index in [1.165, 1.54) is 11.3 Å². The molecule has 0 unspecified atom stereocenters. The van der Waals surface area contributed by atoms with Gasteiger partial charge in [-0.3, -0.25) is 9.58 Å². The number of fused-ring (bicyclic) bond motifs is 1. The fourth-order valence-corrected chi connectivity index (χ4v) is 2.40. The number of hydrogen-bond acceptors (Lipinski definition) is 2. The first-order chi connectivity index (χ1) is 6.93. The van der Waals surface area contributed by atoms with Crippen LogP contribution < -0.4 is 0 Å². The molecule has 3 nitrogen and oxygen atoms in total. The Bertz CT molecular complexity index is 359. The number of aromatic nitrogens is 2. The van der Waals surface area contributed by atoms with Gasteiger partial charge in [-0.1, -0.05) is 0 Å². The van der Waals surface area contributed by atoms with Crippen molar-refractivity contribution >= 4 is 0 Å². The quantitative estimate of drug-likeness (QED) is 0.705. The van der Waals surface area contributed by atoms with Crippen molar-refractivity contribution in [2.45, 2.75) is 59.3 Å². The molecule has 0 N–H and O–H groups in total. The summed E-state index contributed by atoms with van der Waals surface area (Å²) in [5, 5.41) is 4.63. The Labute approximate surface area is 92.1 Å². The normalized spacial score (nSPS) is 22.1. The van der Waals surface area contributed by atoms with Crippen molar-refractivity contribution in [2.24, 2.45) is 0 Å². The summed E-state index contributed by atoms with van der Waals surface area (Å²) >= 11 is 0. The van der Waals surface area contributed by atoms with Crippen LogP contribution in [-0.4, -0.2) is 20.2 Å². The fraction of sp³-hybridized carbons (Fsp3) is 0.750. The van der Waals surface area contributed by atoms with Gasteiger partial charge in [-0.15, -0.1) is 0 Å². The molecule has 0 spiro atoms. The van der Waals surface area contributed by atoms with E-state index in [-0.39, 0.29) is 5.54 Å². The minimum Gasteiger partial charge on any atom is -0.286 e. The first-order valence-corrected chi connectivity index (χ1v) is 5.76. The van der Waals surface area contributed by atoms with E-state index >= 15 is 0 Å². The monoisotopic (exact) mass is 207 g/mol. The van der Waals surface area contributed by atoms with E-state index in [0.29, 0.717) is 6.04 Å². The van der Waals surface area contributed by atoms with Gasteiger partial charge < -0.3 is 0 Å². The highest BCUT2D eigenvalue weighted by molar-refractivity contribution is 5.26. The van der Waals surface area contributed by atoms with E-state index in [1.807, 2.05) is 4.68 Å². The molecule has 2 rings (SSSR count). The standard InChI is InChI=1S/C12H21N3/c1-6-14-7-10-8-15(12(3,4)5)9(2)11(10)13-14/h7,9H,6,8H2,1-5H3/t9-/m0/s1. The van der Waals surface area contributed by atoms with E-state index in [9.17, 15) is 0 Å². The molecule has 3 heteroatoms. The third kappa shape index (κ3) is 1.69. The second-order valence-corrected chi connectivity index (χ2v) is 5.37. The van der Waals surface area contributed by atoms with Gasteiger partial charge in [0.15, 0.2) is 0 Å². The molecular weight excluding hydrogens is 186 g/mol. The zero-order chi connectivity index (χ0) is 11.2. The predicted octanol–water partition coefficient (Wildman–Crippen LogP) is 2.58. The van der Waals surface area contributed by atoms with Crippen molar-refractivity contribution in [3.63, 3.8) is 0 Å². The molecule has 0 saturated heterocycles. The maximum absolute atomic E-state index is 4.63. The second-order valence-electron chi connectivity index (χ2n) is 5.37. The average molecular weight is 207 g/mol. The topological polar surface area (TPSA) is 21.1 Å². The van der Waals surface area contributed by atoms with Crippen LogP contribution in [0.3, 0.4) is 0 Å².